The number of rotatable bonds is 7. The standard InChI is InChI=1S/C33H35FN8O8S/c1-39-25-16-21(3-5-23(25)42(33(39)48)24-6-7-27(44)37-31(24)46)40-12-9-18(10-13-40)8-11-35-32(47)36-20-2-4-22-19(14-20)15-26(43)30(29(22)34)41-17-28(45)38-51(41,49)50/h2-5,14-16,18,24,43H,6-13,17H2,1H3,(H,38,45)(H2,35,36,47)(H,37,44,46). The third-order valence-electron chi connectivity index (χ3n) is 9.77. The molecule has 3 fully saturated rings. The van der Waals surface area contributed by atoms with Gasteiger partial charge in [-0.25, -0.2) is 23.0 Å². The predicted molar refractivity (Wildman–Crippen MR) is 185 cm³/mol. The lowest BCUT2D eigenvalue weighted by molar-refractivity contribution is -0.135. The minimum atomic E-state index is -4.34. The zero-order chi connectivity index (χ0) is 36.2. The van der Waals surface area contributed by atoms with Crippen LogP contribution in [0.1, 0.15) is 38.1 Å². The Morgan fingerprint density at radius 3 is 2.47 bits per heavy atom. The van der Waals surface area contributed by atoms with E-state index in [4.69, 9.17) is 0 Å². The lowest BCUT2D eigenvalue weighted by Gasteiger charge is -2.33. The zero-order valence-corrected chi connectivity index (χ0v) is 28.3. The summed E-state index contributed by atoms with van der Waals surface area (Å²) in [6.07, 6.45) is 2.98. The van der Waals surface area contributed by atoms with Gasteiger partial charge in [0.25, 0.3) is 5.91 Å². The fourth-order valence-corrected chi connectivity index (χ4v) is 8.29. The monoisotopic (exact) mass is 722 g/mol. The Kier molecular flexibility index (Phi) is 8.56. The third kappa shape index (κ3) is 6.30. The Labute approximate surface area is 290 Å². The van der Waals surface area contributed by atoms with Crippen molar-refractivity contribution >= 4 is 72.8 Å². The number of nitrogens with zero attached hydrogens (tertiary/aromatic N) is 4. The van der Waals surface area contributed by atoms with Gasteiger partial charge in [0.15, 0.2) is 5.82 Å². The number of piperidine rings is 2. The Bertz CT molecular complexity index is 2300. The molecule has 18 heteroatoms. The molecule has 4 aromatic rings. The summed E-state index contributed by atoms with van der Waals surface area (Å²) in [6.45, 7) is 1.31. The summed E-state index contributed by atoms with van der Waals surface area (Å²) in [5, 5.41) is 18.5. The summed E-state index contributed by atoms with van der Waals surface area (Å²) in [6, 6.07) is 9.93. The number of anilines is 3. The normalized spacial score (nSPS) is 19.4. The molecule has 1 unspecified atom stereocenters. The molecule has 5 N–H and O–H groups in total. The second kappa shape index (κ2) is 12.9. The first-order valence-electron chi connectivity index (χ1n) is 16.4. The van der Waals surface area contributed by atoms with Gasteiger partial charge in [0.05, 0.1) is 11.0 Å². The molecule has 3 aliphatic rings. The van der Waals surface area contributed by atoms with E-state index in [0.717, 1.165) is 44.1 Å². The van der Waals surface area contributed by atoms with Gasteiger partial charge in [-0.05, 0) is 79.5 Å². The summed E-state index contributed by atoms with van der Waals surface area (Å²) >= 11 is 0. The molecule has 3 aromatic carbocycles. The molecule has 3 saturated heterocycles. The van der Waals surface area contributed by atoms with Crippen LogP contribution in [0.15, 0.2) is 47.3 Å². The van der Waals surface area contributed by atoms with Gasteiger partial charge in [-0.15, -0.1) is 0 Å². The molecule has 5 amide bonds. The Morgan fingerprint density at radius 2 is 1.76 bits per heavy atom. The van der Waals surface area contributed by atoms with E-state index < -0.39 is 57.9 Å². The van der Waals surface area contributed by atoms with Gasteiger partial charge in [-0.3, -0.25) is 28.8 Å². The molecule has 51 heavy (non-hydrogen) atoms. The second-order valence-electron chi connectivity index (χ2n) is 13.0. The van der Waals surface area contributed by atoms with E-state index in [0.29, 0.717) is 33.5 Å². The Balaban J connectivity index is 0.924. The Hall–Kier alpha value is -5.65. The minimum absolute atomic E-state index is 0.00996. The molecule has 268 valence electrons. The van der Waals surface area contributed by atoms with Crippen LogP contribution in [0.2, 0.25) is 0 Å². The van der Waals surface area contributed by atoms with E-state index in [-0.39, 0.29) is 35.2 Å². The van der Waals surface area contributed by atoms with E-state index in [9.17, 15) is 37.5 Å². The van der Waals surface area contributed by atoms with Crippen LogP contribution in [0.25, 0.3) is 21.8 Å². The molecular weight excluding hydrogens is 687 g/mol. The number of fused-ring (bicyclic) bond motifs is 2. The number of nitrogens with one attached hydrogen (secondary N) is 4. The van der Waals surface area contributed by atoms with Crippen LogP contribution in [0.3, 0.4) is 0 Å². The highest BCUT2D eigenvalue weighted by atomic mass is 32.2. The van der Waals surface area contributed by atoms with Crippen LogP contribution < -0.4 is 35.6 Å². The van der Waals surface area contributed by atoms with Gasteiger partial charge >= 0.3 is 21.9 Å². The lowest BCUT2D eigenvalue weighted by Crippen LogP contribution is -2.44. The fourth-order valence-electron chi connectivity index (χ4n) is 7.12. The number of halogens is 1. The van der Waals surface area contributed by atoms with Gasteiger partial charge in [-0.2, -0.15) is 8.42 Å². The average molecular weight is 723 g/mol. The largest absolute Gasteiger partial charge is 0.506 e. The molecule has 4 heterocycles. The number of benzene rings is 3. The van der Waals surface area contributed by atoms with Gasteiger partial charge in [-0.1, -0.05) is 0 Å². The molecule has 0 aliphatic carbocycles. The van der Waals surface area contributed by atoms with Crippen LogP contribution in [0.5, 0.6) is 5.75 Å². The number of phenols is 1. The van der Waals surface area contributed by atoms with Gasteiger partial charge in [0.2, 0.25) is 11.8 Å². The van der Waals surface area contributed by atoms with Crippen molar-refractivity contribution in [1.82, 2.24) is 24.5 Å². The molecule has 0 spiro atoms. The quantitative estimate of drug-likeness (QED) is 0.177. The van der Waals surface area contributed by atoms with Crippen molar-refractivity contribution in [2.24, 2.45) is 13.0 Å². The molecule has 0 radical (unpaired) electrons. The van der Waals surface area contributed by atoms with E-state index in [2.05, 4.69) is 20.9 Å². The Morgan fingerprint density at radius 1 is 1.00 bits per heavy atom. The van der Waals surface area contributed by atoms with Gasteiger partial charge in [0.1, 0.15) is 24.0 Å². The van der Waals surface area contributed by atoms with E-state index in [1.54, 1.807) is 11.8 Å². The number of amides is 5. The molecule has 1 atom stereocenters. The van der Waals surface area contributed by atoms with Crippen molar-refractivity contribution in [3.63, 3.8) is 0 Å². The van der Waals surface area contributed by atoms with Crippen LogP contribution in [0.4, 0.5) is 26.2 Å². The van der Waals surface area contributed by atoms with Crippen molar-refractivity contribution in [3.8, 4) is 5.75 Å². The summed E-state index contributed by atoms with van der Waals surface area (Å²) in [5.74, 6) is -3.00. The molecule has 1 aromatic heterocycles. The lowest BCUT2D eigenvalue weighted by atomic mass is 9.93. The number of urea groups is 1. The number of aromatic nitrogens is 2. The van der Waals surface area contributed by atoms with Crippen molar-refractivity contribution in [2.75, 3.05) is 40.7 Å². The molecule has 0 saturated carbocycles. The minimum Gasteiger partial charge on any atom is -0.506 e. The number of aromatic hydroxyl groups is 1. The van der Waals surface area contributed by atoms with Gasteiger partial charge in [0, 0.05) is 49.9 Å². The highest BCUT2D eigenvalue weighted by Gasteiger charge is 2.38. The zero-order valence-electron chi connectivity index (χ0n) is 27.4. The van der Waals surface area contributed by atoms with Crippen LogP contribution in [-0.4, -0.2) is 72.6 Å². The van der Waals surface area contributed by atoms with Gasteiger partial charge < -0.3 is 20.6 Å². The summed E-state index contributed by atoms with van der Waals surface area (Å²) < 4.78 is 44.9. The van der Waals surface area contributed by atoms with Crippen molar-refractivity contribution in [1.29, 1.82) is 0 Å². The number of imide groups is 1. The van der Waals surface area contributed by atoms with Crippen LogP contribution >= 0.6 is 0 Å². The molecular formula is C33H35FN8O8S. The maximum atomic E-state index is 15.3. The molecule has 16 nitrogen and oxygen atoms in total. The SMILES string of the molecule is Cn1c(=O)n(C2CCC(=O)NC2=O)c2ccc(N3CCC(CCNC(=O)Nc4ccc5c(F)c(N6CC(=O)NS6(=O)=O)c(O)cc5c4)CC3)cc21. The van der Waals surface area contributed by atoms with Crippen LogP contribution in [0, 0.1) is 11.7 Å². The second-order valence-corrected chi connectivity index (χ2v) is 14.6. The maximum Gasteiger partial charge on any atom is 0.329 e. The number of carbonyl (C=O) groups is 4. The molecule has 7 rings (SSSR count). The number of phenolic OH excluding ortho intramolecular Hbond substituents is 1. The summed E-state index contributed by atoms with van der Waals surface area (Å²) in [5.41, 5.74) is 1.67. The third-order valence-corrected chi connectivity index (χ3v) is 11.1. The number of imidazole rings is 1. The number of hydrogen-bond acceptors (Lipinski definition) is 9. The highest BCUT2D eigenvalue weighted by molar-refractivity contribution is 7.92. The predicted octanol–water partition coefficient (Wildman–Crippen LogP) is 1.92. The fraction of sp³-hybridized carbons (Fsp3) is 0.364. The van der Waals surface area contributed by atoms with Crippen molar-refractivity contribution in [3.05, 3.63) is 58.8 Å². The number of carbonyl (C=O) groups excluding carboxylic acids is 4. The molecule has 3 aliphatic heterocycles. The summed E-state index contributed by atoms with van der Waals surface area (Å²) in [7, 11) is -2.67. The highest BCUT2D eigenvalue weighted by Crippen LogP contribution is 2.39. The average Bonchev–Trinajstić information content (AvgIpc) is 3.49. The van der Waals surface area contributed by atoms with E-state index in [1.807, 2.05) is 18.2 Å². The van der Waals surface area contributed by atoms with Crippen molar-refractivity contribution < 1.29 is 37.1 Å². The first kappa shape index (κ1) is 33.8. The van der Waals surface area contributed by atoms with Crippen LogP contribution in [-0.2, 0) is 31.6 Å². The smallest absolute Gasteiger partial charge is 0.329 e. The van der Waals surface area contributed by atoms with E-state index in [1.165, 1.54) is 27.3 Å². The van der Waals surface area contributed by atoms with Crippen molar-refractivity contribution in [2.45, 2.75) is 38.1 Å². The van der Waals surface area contributed by atoms with E-state index >= 15 is 4.39 Å². The maximum absolute atomic E-state index is 15.3. The summed E-state index contributed by atoms with van der Waals surface area (Å²) in [4.78, 5) is 63.7. The topological polar surface area (TPSA) is 204 Å². The molecule has 0 bridgehead atoms. The number of hydrogen-bond donors (Lipinski definition) is 5. The first-order chi connectivity index (χ1) is 24.3. The number of aryl methyl sites for hydroxylation is 1. The first-order valence-corrected chi connectivity index (χ1v) is 17.9.